The van der Waals surface area contributed by atoms with Crippen LogP contribution in [-0.4, -0.2) is 17.1 Å². The predicted molar refractivity (Wildman–Crippen MR) is 85.2 cm³/mol. The Labute approximate surface area is 143 Å². The number of carbonyl (C=O) groups excluding carboxylic acids is 1. The molecule has 0 spiro atoms. The maximum Gasteiger partial charge on any atom is 0.159 e. The normalized spacial score (nSPS) is 19.6. The molecule has 3 heterocycles. The smallest absolute Gasteiger partial charge is 0.159 e. The third-order valence-electron chi connectivity index (χ3n) is 4.72. The summed E-state index contributed by atoms with van der Waals surface area (Å²) in [6, 6.07) is 13.6. The second-order valence-electron chi connectivity index (χ2n) is 6.22. The van der Waals surface area contributed by atoms with Gasteiger partial charge in [-0.05, 0) is 36.4 Å². The standard InChI is InChI=1S/C19H17FN2O3/c20-15-5-2-1-4-14(15)18-16-6-3-9-21(16)10-11-22(18)12-13-7-8-17(25-13)19(23)24/h1-9,18H,10-12H2,(H,23,24)/t18-/m0/s1. The van der Waals surface area contributed by atoms with E-state index in [4.69, 9.17) is 4.42 Å². The largest absolute Gasteiger partial charge is 0.542 e. The first kappa shape index (κ1) is 15.7. The second-order valence-corrected chi connectivity index (χ2v) is 6.22. The molecule has 0 fully saturated rings. The number of benzene rings is 1. The van der Waals surface area contributed by atoms with Crippen molar-refractivity contribution in [3.8, 4) is 0 Å². The summed E-state index contributed by atoms with van der Waals surface area (Å²) >= 11 is 0. The summed E-state index contributed by atoms with van der Waals surface area (Å²) in [6.07, 6.45) is 2.00. The SMILES string of the molecule is O=C([O-])c1ccc(C[NH+]2CCn3cccc3[C@@H]2c2ccccc2F)o1. The number of carbonyl (C=O) groups is 1. The third kappa shape index (κ3) is 2.85. The molecule has 2 atom stereocenters. The van der Waals surface area contributed by atoms with E-state index >= 15 is 0 Å². The van der Waals surface area contributed by atoms with Gasteiger partial charge in [-0.2, -0.15) is 0 Å². The minimum atomic E-state index is -1.33. The number of carboxylic acids is 1. The van der Waals surface area contributed by atoms with E-state index in [1.54, 1.807) is 18.2 Å². The highest BCUT2D eigenvalue weighted by atomic mass is 19.1. The first-order valence-corrected chi connectivity index (χ1v) is 8.17. The van der Waals surface area contributed by atoms with Crippen molar-refractivity contribution in [3.63, 3.8) is 0 Å². The Morgan fingerprint density at radius 3 is 2.84 bits per heavy atom. The average Bonchev–Trinajstić information content (AvgIpc) is 3.25. The van der Waals surface area contributed by atoms with Crippen molar-refractivity contribution in [2.24, 2.45) is 0 Å². The Balaban J connectivity index is 1.70. The zero-order valence-corrected chi connectivity index (χ0v) is 13.4. The molecule has 0 amide bonds. The molecular formula is C19H17FN2O3. The van der Waals surface area contributed by atoms with Gasteiger partial charge in [-0.25, -0.2) is 4.39 Å². The van der Waals surface area contributed by atoms with Crippen molar-refractivity contribution in [1.29, 1.82) is 0 Å². The number of aromatic carboxylic acids is 1. The molecule has 2 aromatic heterocycles. The minimum Gasteiger partial charge on any atom is -0.542 e. The molecule has 0 radical (unpaired) electrons. The molecule has 4 rings (SSSR count). The van der Waals surface area contributed by atoms with E-state index in [0.717, 1.165) is 23.7 Å². The second kappa shape index (κ2) is 6.22. The highest BCUT2D eigenvalue weighted by Gasteiger charge is 2.34. The van der Waals surface area contributed by atoms with Crippen molar-refractivity contribution < 1.29 is 23.6 Å². The van der Waals surface area contributed by atoms with E-state index in [2.05, 4.69) is 4.57 Å². The van der Waals surface area contributed by atoms with E-state index in [1.807, 2.05) is 24.4 Å². The molecule has 1 aliphatic rings. The summed E-state index contributed by atoms with van der Waals surface area (Å²) in [7, 11) is 0. The van der Waals surface area contributed by atoms with Crippen molar-refractivity contribution in [1.82, 2.24) is 4.57 Å². The number of furan rings is 1. The molecule has 0 bridgehead atoms. The number of quaternary nitrogens is 1. The molecule has 6 heteroatoms. The fourth-order valence-electron chi connectivity index (χ4n) is 3.60. The Morgan fingerprint density at radius 2 is 2.08 bits per heavy atom. The number of hydrogen-bond acceptors (Lipinski definition) is 3. The number of halogens is 1. The van der Waals surface area contributed by atoms with Gasteiger partial charge in [-0.3, -0.25) is 0 Å². The lowest BCUT2D eigenvalue weighted by Crippen LogP contribution is -3.12. The van der Waals surface area contributed by atoms with Gasteiger partial charge in [0.15, 0.2) is 11.8 Å². The summed E-state index contributed by atoms with van der Waals surface area (Å²) < 4.78 is 21.9. The van der Waals surface area contributed by atoms with E-state index in [9.17, 15) is 14.3 Å². The van der Waals surface area contributed by atoms with Crippen LogP contribution in [0, 0.1) is 5.82 Å². The van der Waals surface area contributed by atoms with Crippen LogP contribution in [0.5, 0.6) is 0 Å². The average molecular weight is 340 g/mol. The maximum atomic E-state index is 14.5. The number of nitrogens with zero attached hydrogens (tertiary/aromatic N) is 1. The topological polar surface area (TPSA) is 62.6 Å². The predicted octanol–water partition coefficient (Wildman–Crippen LogP) is 0.772. The molecule has 1 aromatic carbocycles. The lowest BCUT2D eigenvalue weighted by atomic mass is 9.99. The van der Waals surface area contributed by atoms with Crippen LogP contribution >= 0.6 is 0 Å². The van der Waals surface area contributed by atoms with Crippen LogP contribution in [0.25, 0.3) is 0 Å². The number of nitrogens with one attached hydrogen (secondary N) is 1. The Hall–Kier alpha value is -2.86. The van der Waals surface area contributed by atoms with E-state index < -0.39 is 5.97 Å². The molecule has 1 aliphatic heterocycles. The van der Waals surface area contributed by atoms with Crippen molar-refractivity contribution in [2.75, 3.05) is 6.54 Å². The Bertz CT molecular complexity index is 915. The quantitative estimate of drug-likeness (QED) is 0.763. The van der Waals surface area contributed by atoms with Crippen LogP contribution in [0.4, 0.5) is 4.39 Å². The minimum absolute atomic E-state index is 0.179. The van der Waals surface area contributed by atoms with Crippen LogP contribution in [0.3, 0.4) is 0 Å². The van der Waals surface area contributed by atoms with Gasteiger partial charge in [0.2, 0.25) is 0 Å². The van der Waals surface area contributed by atoms with Gasteiger partial charge in [0, 0.05) is 6.20 Å². The lowest BCUT2D eigenvalue weighted by Gasteiger charge is -2.33. The van der Waals surface area contributed by atoms with Gasteiger partial charge < -0.3 is 23.8 Å². The number of hydrogen-bond donors (Lipinski definition) is 1. The van der Waals surface area contributed by atoms with E-state index in [0.29, 0.717) is 17.9 Å². The highest BCUT2D eigenvalue weighted by molar-refractivity contribution is 5.82. The number of aromatic nitrogens is 1. The van der Waals surface area contributed by atoms with Gasteiger partial charge in [0.05, 0.1) is 24.3 Å². The van der Waals surface area contributed by atoms with Crippen LogP contribution < -0.4 is 10.0 Å². The number of fused-ring (bicyclic) bond motifs is 1. The molecule has 0 saturated heterocycles. The molecule has 3 aromatic rings. The molecule has 25 heavy (non-hydrogen) atoms. The molecular weight excluding hydrogens is 323 g/mol. The molecule has 5 nitrogen and oxygen atoms in total. The van der Waals surface area contributed by atoms with Gasteiger partial charge in [-0.1, -0.05) is 12.1 Å². The fourth-order valence-corrected chi connectivity index (χ4v) is 3.60. The molecule has 0 saturated carbocycles. The van der Waals surface area contributed by atoms with Crippen LogP contribution in [0.15, 0.2) is 59.1 Å². The van der Waals surface area contributed by atoms with Crippen molar-refractivity contribution in [2.45, 2.75) is 19.1 Å². The van der Waals surface area contributed by atoms with Crippen molar-refractivity contribution >= 4 is 5.97 Å². The summed E-state index contributed by atoms with van der Waals surface area (Å²) in [4.78, 5) is 12.0. The van der Waals surface area contributed by atoms with Crippen molar-refractivity contribution in [3.05, 3.63) is 83.3 Å². The molecule has 1 unspecified atom stereocenters. The van der Waals surface area contributed by atoms with Gasteiger partial charge in [0.25, 0.3) is 0 Å². The van der Waals surface area contributed by atoms with Crippen LogP contribution in [0.2, 0.25) is 0 Å². The Kier molecular flexibility index (Phi) is 3.89. The summed E-state index contributed by atoms with van der Waals surface area (Å²) in [5, 5.41) is 10.9. The van der Waals surface area contributed by atoms with Gasteiger partial charge in [0.1, 0.15) is 24.1 Å². The first-order valence-electron chi connectivity index (χ1n) is 8.17. The zero-order valence-electron chi connectivity index (χ0n) is 13.4. The van der Waals surface area contributed by atoms with Gasteiger partial charge >= 0.3 is 0 Å². The molecule has 0 aliphatic carbocycles. The first-order chi connectivity index (χ1) is 12.1. The Morgan fingerprint density at radius 1 is 1.24 bits per heavy atom. The van der Waals surface area contributed by atoms with Crippen LogP contribution in [-0.2, 0) is 13.1 Å². The monoisotopic (exact) mass is 340 g/mol. The van der Waals surface area contributed by atoms with Crippen LogP contribution in [0.1, 0.15) is 33.6 Å². The summed E-state index contributed by atoms with van der Waals surface area (Å²) in [5.74, 6) is -1.21. The van der Waals surface area contributed by atoms with Gasteiger partial charge in [-0.15, -0.1) is 0 Å². The number of carboxylic acid groups (broad SMARTS) is 1. The summed E-state index contributed by atoms with van der Waals surface area (Å²) in [5.41, 5.74) is 1.67. The van der Waals surface area contributed by atoms with E-state index in [1.165, 1.54) is 12.1 Å². The zero-order chi connectivity index (χ0) is 17.4. The highest BCUT2D eigenvalue weighted by Crippen LogP contribution is 2.25. The molecule has 128 valence electrons. The molecule has 1 N–H and O–H groups in total. The number of rotatable bonds is 4. The lowest BCUT2D eigenvalue weighted by molar-refractivity contribution is -0.944. The third-order valence-corrected chi connectivity index (χ3v) is 4.72. The van der Waals surface area contributed by atoms with E-state index in [-0.39, 0.29) is 17.6 Å². The maximum absolute atomic E-state index is 14.5. The fraction of sp³-hybridized carbons (Fsp3) is 0.211. The summed E-state index contributed by atoms with van der Waals surface area (Å²) in [6.45, 7) is 2.07.